The summed E-state index contributed by atoms with van der Waals surface area (Å²) in [6.45, 7) is 7.33. The van der Waals surface area contributed by atoms with Gasteiger partial charge in [0, 0.05) is 13.1 Å². The molecule has 0 radical (unpaired) electrons. The molecule has 2 amide bonds. The number of likely N-dealkylation sites (tertiary alicyclic amines) is 1. The van der Waals surface area contributed by atoms with Crippen molar-refractivity contribution in [2.24, 2.45) is 5.92 Å². The number of hydrazine groups is 1. The van der Waals surface area contributed by atoms with Gasteiger partial charge in [-0.05, 0) is 52.4 Å². The lowest BCUT2D eigenvalue weighted by atomic mass is 9.91. The van der Waals surface area contributed by atoms with Crippen LogP contribution in [0.25, 0.3) is 0 Å². The number of aliphatic carboxylic acids is 1. The number of nitro groups is 1. The summed E-state index contributed by atoms with van der Waals surface area (Å²) < 4.78 is 5.21. The molecule has 0 saturated carbocycles. The smallest absolute Gasteiger partial charge is 0.408 e. The van der Waals surface area contributed by atoms with Crippen LogP contribution in [0.1, 0.15) is 53.4 Å². The van der Waals surface area contributed by atoms with E-state index in [2.05, 4.69) is 10.6 Å². The lowest BCUT2D eigenvalue weighted by molar-refractivity contribution is -0.525. The average Bonchev–Trinajstić information content (AvgIpc) is 2.61. The first-order chi connectivity index (χ1) is 14.3. The number of alkyl carbamates (subject to hydrolysis) is 1. The first-order valence-corrected chi connectivity index (χ1v) is 10.1. The first-order valence-electron chi connectivity index (χ1n) is 10.1. The third-order valence-corrected chi connectivity index (χ3v) is 4.60. The van der Waals surface area contributed by atoms with Gasteiger partial charge in [-0.25, -0.2) is 19.7 Å². The van der Waals surface area contributed by atoms with Crippen molar-refractivity contribution >= 4 is 23.9 Å². The van der Waals surface area contributed by atoms with Crippen LogP contribution in [-0.2, 0) is 14.3 Å². The zero-order chi connectivity index (χ0) is 23.8. The SMILES string of the molecule is C[C@@H]1CCN(C(=O)[C@H](CCCNC(=N)N[N+](=O)[O-])NC(=O)OC(C)(C)C)[C@@H](C(=O)O)C1. The molecule has 0 aliphatic carbocycles. The van der Waals surface area contributed by atoms with E-state index in [0.717, 1.165) is 0 Å². The van der Waals surface area contributed by atoms with Crippen molar-refractivity contribution < 1.29 is 29.3 Å². The second kappa shape index (κ2) is 11.3. The molecule has 1 heterocycles. The summed E-state index contributed by atoms with van der Waals surface area (Å²) in [6.07, 6.45) is 0.565. The number of nitrogens with zero attached hydrogens (tertiary/aromatic N) is 2. The Hall–Kier alpha value is -3.12. The normalized spacial score (nSPS) is 19.7. The summed E-state index contributed by atoms with van der Waals surface area (Å²) in [5.41, 5.74) is 0.865. The molecule has 31 heavy (non-hydrogen) atoms. The molecule has 13 heteroatoms. The predicted molar refractivity (Wildman–Crippen MR) is 110 cm³/mol. The van der Waals surface area contributed by atoms with Crippen molar-refractivity contribution in [1.82, 2.24) is 21.0 Å². The first kappa shape index (κ1) is 25.9. The molecule has 0 unspecified atom stereocenters. The molecule has 5 N–H and O–H groups in total. The van der Waals surface area contributed by atoms with Gasteiger partial charge in [0.05, 0.1) is 0 Å². The highest BCUT2D eigenvalue weighted by molar-refractivity contribution is 5.89. The van der Waals surface area contributed by atoms with E-state index < -0.39 is 46.6 Å². The maximum Gasteiger partial charge on any atom is 0.408 e. The van der Waals surface area contributed by atoms with E-state index in [1.165, 1.54) is 4.90 Å². The number of nitrogens with one attached hydrogen (secondary N) is 4. The highest BCUT2D eigenvalue weighted by Gasteiger charge is 2.38. The third kappa shape index (κ3) is 9.49. The van der Waals surface area contributed by atoms with E-state index in [1.807, 2.05) is 6.92 Å². The Labute approximate surface area is 180 Å². The molecule has 176 valence electrons. The van der Waals surface area contributed by atoms with Gasteiger partial charge in [-0.3, -0.25) is 10.2 Å². The standard InChI is InChI=1S/C18H32N6O7/c1-11-7-9-23(13(10-11)15(26)27)14(25)12(21-17(28)31-18(2,3)4)6-5-8-20-16(19)22-24(29)30/h11-13H,5-10H2,1-4H3,(H,21,28)(H,26,27)(H3,19,20,22)/t11-,12+,13-/m1/s1. The summed E-state index contributed by atoms with van der Waals surface area (Å²) in [6, 6.07) is -2.01. The van der Waals surface area contributed by atoms with Crippen molar-refractivity contribution in [3.63, 3.8) is 0 Å². The molecule has 1 fully saturated rings. The van der Waals surface area contributed by atoms with Gasteiger partial charge in [0.25, 0.3) is 5.96 Å². The molecule has 3 atom stereocenters. The topological polar surface area (TPSA) is 187 Å². The molecule has 1 aliphatic rings. The van der Waals surface area contributed by atoms with Crippen LogP contribution in [0.15, 0.2) is 0 Å². The number of piperidine rings is 1. The quantitative estimate of drug-likeness (QED) is 0.118. The average molecular weight is 444 g/mol. The number of amides is 2. The van der Waals surface area contributed by atoms with Crippen LogP contribution in [0.2, 0.25) is 0 Å². The highest BCUT2D eigenvalue weighted by atomic mass is 16.7. The number of ether oxygens (including phenoxy) is 1. The molecule has 0 spiro atoms. The third-order valence-electron chi connectivity index (χ3n) is 4.60. The van der Waals surface area contributed by atoms with E-state index in [0.29, 0.717) is 12.8 Å². The number of carbonyl (C=O) groups excluding carboxylic acids is 2. The Morgan fingerprint density at radius 3 is 2.55 bits per heavy atom. The number of carbonyl (C=O) groups is 3. The van der Waals surface area contributed by atoms with Gasteiger partial charge in [-0.15, -0.1) is 0 Å². The fourth-order valence-corrected chi connectivity index (χ4v) is 3.20. The minimum absolute atomic E-state index is 0.120. The lowest BCUT2D eigenvalue weighted by Gasteiger charge is -2.38. The molecule has 1 aliphatic heterocycles. The molecule has 1 saturated heterocycles. The van der Waals surface area contributed by atoms with E-state index in [1.54, 1.807) is 26.2 Å². The molecule has 0 aromatic heterocycles. The summed E-state index contributed by atoms with van der Waals surface area (Å²) >= 11 is 0. The van der Waals surface area contributed by atoms with Crippen LogP contribution in [0.5, 0.6) is 0 Å². The van der Waals surface area contributed by atoms with Crippen LogP contribution >= 0.6 is 0 Å². The fraction of sp³-hybridized carbons (Fsp3) is 0.778. The van der Waals surface area contributed by atoms with Crippen molar-refractivity contribution in [1.29, 1.82) is 5.41 Å². The summed E-state index contributed by atoms with van der Waals surface area (Å²) in [5, 5.41) is 31.3. The van der Waals surface area contributed by atoms with Crippen molar-refractivity contribution in [3.05, 3.63) is 10.1 Å². The number of hydrogen-bond acceptors (Lipinski definition) is 7. The molecule has 13 nitrogen and oxygen atoms in total. The maximum absolute atomic E-state index is 13.1. The van der Waals surface area contributed by atoms with Crippen LogP contribution in [0.3, 0.4) is 0 Å². The number of carboxylic acid groups (broad SMARTS) is 1. The van der Waals surface area contributed by atoms with E-state index in [9.17, 15) is 29.6 Å². The Morgan fingerprint density at radius 2 is 2.00 bits per heavy atom. The molecular formula is C18H32N6O7. The van der Waals surface area contributed by atoms with Gasteiger partial charge in [-0.2, -0.15) is 0 Å². The minimum Gasteiger partial charge on any atom is -0.480 e. The van der Waals surface area contributed by atoms with Gasteiger partial charge in [-0.1, -0.05) is 12.3 Å². The predicted octanol–water partition coefficient (Wildman–Crippen LogP) is 0.677. The summed E-state index contributed by atoms with van der Waals surface area (Å²) in [4.78, 5) is 48.6. The highest BCUT2D eigenvalue weighted by Crippen LogP contribution is 2.24. The minimum atomic E-state index is -1.10. The second-order valence-corrected chi connectivity index (χ2v) is 8.53. The molecule has 1 rings (SSSR count). The van der Waals surface area contributed by atoms with Crippen LogP contribution < -0.4 is 16.1 Å². The zero-order valence-electron chi connectivity index (χ0n) is 18.3. The van der Waals surface area contributed by atoms with Crippen LogP contribution in [0, 0.1) is 21.4 Å². The monoisotopic (exact) mass is 444 g/mol. The largest absolute Gasteiger partial charge is 0.480 e. The Bertz CT molecular complexity index is 693. The van der Waals surface area contributed by atoms with E-state index in [4.69, 9.17) is 10.1 Å². The number of rotatable bonds is 8. The van der Waals surface area contributed by atoms with Crippen molar-refractivity contribution in [2.45, 2.75) is 71.1 Å². The Balaban J connectivity index is 2.84. The fourth-order valence-electron chi connectivity index (χ4n) is 3.20. The maximum atomic E-state index is 13.1. The lowest BCUT2D eigenvalue weighted by Crippen LogP contribution is -2.57. The Kier molecular flexibility index (Phi) is 9.46. The molecule has 0 bridgehead atoms. The van der Waals surface area contributed by atoms with Crippen molar-refractivity contribution in [3.8, 4) is 0 Å². The summed E-state index contributed by atoms with van der Waals surface area (Å²) in [5.74, 6) is -1.98. The van der Waals surface area contributed by atoms with Gasteiger partial charge in [0.2, 0.25) is 5.91 Å². The molecular weight excluding hydrogens is 412 g/mol. The Morgan fingerprint density at radius 1 is 1.35 bits per heavy atom. The van der Waals surface area contributed by atoms with Gasteiger partial charge in [0.15, 0.2) is 5.03 Å². The second-order valence-electron chi connectivity index (χ2n) is 8.53. The van der Waals surface area contributed by atoms with E-state index >= 15 is 0 Å². The molecule has 0 aromatic carbocycles. The van der Waals surface area contributed by atoms with Gasteiger partial charge >= 0.3 is 12.1 Å². The van der Waals surface area contributed by atoms with Crippen LogP contribution in [-0.4, -0.2) is 69.7 Å². The van der Waals surface area contributed by atoms with Crippen LogP contribution in [0.4, 0.5) is 4.79 Å². The number of guanidine groups is 1. The number of hydrogen-bond donors (Lipinski definition) is 5. The summed E-state index contributed by atoms with van der Waals surface area (Å²) in [7, 11) is 0. The van der Waals surface area contributed by atoms with E-state index in [-0.39, 0.29) is 31.8 Å². The van der Waals surface area contributed by atoms with Gasteiger partial charge < -0.3 is 25.4 Å². The number of carboxylic acids is 1. The van der Waals surface area contributed by atoms with Crippen molar-refractivity contribution in [2.75, 3.05) is 13.1 Å². The molecule has 0 aromatic rings. The zero-order valence-corrected chi connectivity index (χ0v) is 18.3. The van der Waals surface area contributed by atoms with Gasteiger partial charge in [0.1, 0.15) is 17.7 Å².